The third-order valence-corrected chi connectivity index (χ3v) is 8.25. The van der Waals surface area contributed by atoms with Crippen LogP contribution in [0.3, 0.4) is 0 Å². The first kappa shape index (κ1) is 22.9. The molecule has 3 unspecified atom stereocenters. The van der Waals surface area contributed by atoms with Crippen molar-refractivity contribution in [3.63, 3.8) is 0 Å². The smallest absolute Gasteiger partial charge is 0.418 e. The number of hydrogen-bond acceptors (Lipinski definition) is 3. The third kappa shape index (κ3) is 4.47. The van der Waals surface area contributed by atoms with Crippen molar-refractivity contribution in [3.05, 3.63) is 24.0 Å². The van der Waals surface area contributed by atoms with Gasteiger partial charge in [-0.25, -0.2) is 9.37 Å². The van der Waals surface area contributed by atoms with Gasteiger partial charge in [0.1, 0.15) is 23.5 Å². The number of rotatable bonds is 4. The molecule has 5 aliphatic rings. The Balaban J connectivity index is 0.000000406. The summed E-state index contributed by atoms with van der Waals surface area (Å²) in [7, 11) is 0. The highest BCUT2D eigenvalue weighted by Crippen LogP contribution is 2.74. The minimum absolute atomic E-state index is 0.0464. The minimum atomic E-state index is -4.50. The summed E-state index contributed by atoms with van der Waals surface area (Å²) in [5, 5.41) is 3.48. The summed E-state index contributed by atoms with van der Waals surface area (Å²) in [5.74, 6) is 1.69. The van der Waals surface area contributed by atoms with Gasteiger partial charge >= 0.3 is 6.18 Å². The zero-order valence-corrected chi connectivity index (χ0v) is 19.3. The van der Waals surface area contributed by atoms with Crippen LogP contribution in [0.25, 0.3) is 11.0 Å². The number of fused-ring (bicyclic) bond motifs is 1. The molecule has 1 aromatic carbocycles. The largest absolute Gasteiger partial charge is 0.492 e. The number of ether oxygens (including phenoxy) is 1. The van der Waals surface area contributed by atoms with Crippen LogP contribution >= 0.6 is 0 Å². The molecule has 4 aliphatic carbocycles. The molecule has 33 heavy (non-hydrogen) atoms. The van der Waals surface area contributed by atoms with Crippen molar-refractivity contribution < 1.29 is 22.3 Å². The fourth-order valence-electron chi connectivity index (χ4n) is 6.32. The average Bonchev–Trinajstić information content (AvgIpc) is 3.14. The maximum atomic E-state index is 13.9. The Morgan fingerprint density at radius 2 is 1.82 bits per heavy atom. The number of benzene rings is 1. The Kier molecular flexibility index (Phi) is 5.66. The number of H-pyrrole nitrogens is 1. The molecule has 0 amide bonds. The summed E-state index contributed by atoms with van der Waals surface area (Å²) in [4.78, 5) is 6.50. The molecule has 2 bridgehead atoms. The van der Waals surface area contributed by atoms with Crippen LogP contribution in [0.15, 0.2) is 18.5 Å². The van der Waals surface area contributed by atoms with Gasteiger partial charge in [0, 0.05) is 18.2 Å². The van der Waals surface area contributed by atoms with Crippen LogP contribution < -0.4 is 10.1 Å². The monoisotopic (exact) mass is 467 g/mol. The zero-order chi connectivity index (χ0) is 23.4. The van der Waals surface area contributed by atoms with E-state index >= 15 is 0 Å². The molecule has 2 heterocycles. The second-order valence-corrected chi connectivity index (χ2v) is 11.1. The average molecular weight is 468 g/mol. The van der Waals surface area contributed by atoms with E-state index in [2.05, 4.69) is 29.1 Å². The first-order valence-corrected chi connectivity index (χ1v) is 12.2. The second-order valence-electron chi connectivity index (χ2n) is 11.1. The van der Waals surface area contributed by atoms with Gasteiger partial charge in [0.05, 0.1) is 17.4 Å². The first-order chi connectivity index (χ1) is 15.6. The lowest BCUT2D eigenvalue weighted by atomic mass is 9.37. The lowest BCUT2D eigenvalue weighted by Crippen LogP contribution is -2.69. The molecule has 1 aliphatic heterocycles. The molecule has 5 fully saturated rings. The molecule has 2 N–H and O–H groups in total. The van der Waals surface area contributed by atoms with E-state index in [0.717, 1.165) is 24.8 Å². The maximum absolute atomic E-state index is 13.9. The lowest BCUT2D eigenvalue weighted by molar-refractivity contribution is -0.249. The Hall–Kier alpha value is -1.83. The van der Waals surface area contributed by atoms with Crippen LogP contribution in [0.5, 0.6) is 5.75 Å². The molecule has 1 aromatic heterocycles. The van der Waals surface area contributed by atoms with Crippen molar-refractivity contribution in [2.75, 3.05) is 6.61 Å². The summed E-state index contributed by atoms with van der Waals surface area (Å²) < 4.78 is 59.7. The molecule has 0 radical (unpaired) electrons. The van der Waals surface area contributed by atoms with E-state index in [-0.39, 0.29) is 35.4 Å². The zero-order valence-electron chi connectivity index (χ0n) is 19.3. The summed E-state index contributed by atoms with van der Waals surface area (Å²) in [5.41, 5.74) is -1.36. The van der Waals surface area contributed by atoms with E-state index in [1.54, 1.807) is 6.07 Å². The molecule has 7 rings (SSSR count). The highest BCUT2D eigenvalue weighted by atomic mass is 19.4. The normalized spacial score (nSPS) is 35.6. The van der Waals surface area contributed by atoms with Gasteiger partial charge in [0.15, 0.2) is 0 Å². The van der Waals surface area contributed by atoms with Gasteiger partial charge in [-0.2, -0.15) is 13.2 Å². The van der Waals surface area contributed by atoms with Crippen LogP contribution in [0, 0.1) is 17.3 Å². The number of aromatic nitrogens is 2. The third-order valence-electron chi connectivity index (χ3n) is 8.25. The van der Waals surface area contributed by atoms with Gasteiger partial charge in [-0.15, -0.1) is 0 Å². The van der Waals surface area contributed by atoms with Crippen LogP contribution in [-0.4, -0.2) is 34.3 Å². The van der Waals surface area contributed by atoms with Crippen molar-refractivity contribution in [1.82, 2.24) is 15.3 Å². The molecule has 1 saturated heterocycles. The van der Waals surface area contributed by atoms with Crippen LogP contribution in [-0.2, 0) is 6.18 Å². The van der Waals surface area contributed by atoms with Crippen LogP contribution in [0.4, 0.5) is 17.6 Å². The van der Waals surface area contributed by atoms with E-state index in [0.29, 0.717) is 30.7 Å². The van der Waals surface area contributed by atoms with E-state index < -0.39 is 17.4 Å². The molecule has 2 aromatic rings. The van der Waals surface area contributed by atoms with Gasteiger partial charge in [0.2, 0.25) is 0 Å². The van der Waals surface area contributed by atoms with Gasteiger partial charge in [-0.05, 0) is 62.3 Å². The topological polar surface area (TPSA) is 49.9 Å². The van der Waals surface area contributed by atoms with E-state index in [9.17, 15) is 17.6 Å². The van der Waals surface area contributed by atoms with Gasteiger partial charge in [0.25, 0.3) is 0 Å². The summed E-state index contributed by atoms with van der Waals surface area (Å²) in [6.07, 6.45) is 5.14. The molecule has 8 heteroatoms. The number of nitrogens with zero attached hydrogens (tertiary/aromatic N) is 1. The van der Waals surface area contributed by atoms with Crippen molar-refractivity contribution in [1.29, 1.82) is 0 Å². The van der Waals surface area contributed by atoms with Gasteiger partial charge < -0.3 is 15.0 Å². The summed E-state index contributed by atoms with van der Waals surface area (Å²) >= 11 is 0. The molecular weight excluding hydrogens is 434 g/mol. The van der Waals surface area contributed by atoms with Crippen molar-refractivity contribution in [2.24, 2.45) is 17.3 Å². The van der Waals surface area contributed by atoms with Crippen LogP contribution in [0.2, 0.25) is 0 Å². The second kappa shape index (κ2) is 8.14. The van der Waals surface area contributed by atoms with E-state index in [4.69, 9.17) is 4.74 Å². The number of hydrogen-bond donors (Lipinski definition) is 2. The number of halogens is 4. The van der Waals surface area contributed by atoms with E-state index in [1.807, 2.05) is 0 Å². The van der Waals surface area contributed by atoms with E-state index in [1.165, 1.54) is 25.6 Å². The van der Waals surface area contributed by atoms with Gasteiger partial charge in [-0.3, -0.25) is 0 Å². The minimum Gasteiger partial charge on any atom is -0.492 e. The standard InChI is InChI=1S/C20H23F4N3O.C5H10/c1-11-2-12(18-7-19(21,8-18)9-18)3-13(27-11)6-28-14-4-15(20(22,23)24)17-16(5-14)25-10-26-17;1-5-3-2-4-5/h4-5,10-13,27H,2-3,6-9H2,1H3,(H,25,26);5H,2-4H2,1H3. The van der Waals surface area contributed by atoms with Gasteiger partial charge in [-0.1, -0.05) is 26.2 Å². The summed E-state index contributed by atoms with van der Waals surface area (Å²) in [6, 6.07) is 2.90. The number of nitrogens with one attached hydrogen (secondary N) is 2. The van der Waals surface area contributed by atoms with Crippen molar-refractivity contribution in [3.8, 4) is 5.75 Å². The molecule has 4 nitrogen and oxygen atoms in total. The van der Waals surface area contributed by atoms with Crippen molar-refractivity contribution in [2.45, 2.75) is 89.1 Å². The Morgan fingerprint density at radius 1 is 1.12 bits per heavy atom. The molecular formula is C25H33F4N3O. The fourth-order valence-corrected chi connectivity index (χ4v) is 6.32. The fraction of sp³-hybridized carbons (Fsp3) is 0.720. The number of aromatic amines is 1. The Bertz CT molecular complexity index is 979. The number of alkyl halides is 4. The molecule has 3 atom stereocenters. The SMILES string of the molecule is CC1CC(C23CC(F)(C2)C3)CC(COc2cc(C(F)(F)F)c3nc[nH]c3c2)N1.CC1CCC1. The quantitative estimate of drug-likeness (QED) is 0.511. The Labute approximate surface area is 191 Å². The van der Waals surface area contributed by atoms with Crippen molar-refractivity contribution >= 4 is 11.0 Å². The maximum Gasteiger partial charge on any atom is 0.418 e. The predicted molar refractivity (Wildman–Crippen MR) is 119 cm³/mol. The highest BCUT2D eigenvalue weighted by molar-refractivity contribution is 5.80. The number of piperidine rings is 1. The molecule has 182 valence electrons. The summed E-state index contributed by atoms with van der Waals surface area (Å²) in [6.45, 7) is 4.70. The highest BCUT2D eigenvalue weighted by Gasteiger charge is 2.71. The number of imidazole rings is 1. The first-order valence-electron chi connectivity index (χ1n) is 12.2. The predicted octanol–water partition coefficient (Wildman–Crippen LogP) is 6.42. The lowest BCUT2D eigenvalue weighted by Gasteiger charge is -2.70. The van der Waals surface area contributed by atoms with Crippen LogP contribution in [0.1, 0.15) is 70.8 Å². The molecule has 4 saturated carbocycles. The Morgan fingerprint density at radius 3 is 2.39 bits per heavy atom. The molecule has 0 spiro atoms.